The first-order valence-corrected chi connectivity index (χ1v) is 5.63. The summed E-state index contributed by atoms with van der Waals surface area (Å²) in [5.74, 6) is -2.71. The Labute approximate surface area is 106 Å². The number of ketones is 2. The number of hydrogen-bond donors (Lipinski definition) is 3. The number of carbonyl (C=O) groups is 3. The van der Waals surface area contributed by atoms with E-state index in [-0.39, 0.29) is 18.6 Å². The van der Waals surface area contributed by atoms with Gasteiger partial charge < -0.3 is 15.3 Å². The predicted molar refractivity (Wildman–Crippen MR) is 62.9 cm³/mol. The number of carboxylic acids is 1. The molecule has 18 heavy (non-hydrogen) atoms. The zero-order chi connectivity index (χ0) is 14.6. The van der Waals surface area contributed by atoms with Gasteiger partial charge in [-0.3, -0.25) is 14.4 Å². The van der Waals surface area contributed by atoms with Crippen LogP contribution in [0.5, 0.6) is 0 Å². The summed E-state index contributed by atoms with van der Waals surface area (Å²) in [6, 6.07) is 0. The van der Waals surface area contributed by atoms with Crippen molar-refractivity contribution in [3.63, 3.8) is 0 Å². The van der Waals surface area contributed by atoms with E-state index in [9.17, 15) is 14.4 Å². The molecule has 0 aromatic carbocycles. The van der Waals surface area contributed by atoms with Crippen molar-refractivity contribution in [1.29, 1.82) is 0 Å². The van der Waals surface area contributed by atoms with Crippen LogP contribution in [0.15, 0.2) is 0 Å². The number of Topliss-reactive ketones (excluding diaryl/α,β-unsaturated/α-hetero) is 2. The number of aliphatic hydroxyl groups excluding tert-OH is 2. The zero-order valence-corrected chi connectivity index (χ0v) is 10.9. The number of carboxylic acid groups (broad SMARTS) is 1. The van der Waals surface area contributed by atoms with Gasteiger partial charge in [-0.25, -0.2) is 0 Å². The molecule has 0 spiro atoms. The van der Waals surface area contributed by atoms with Crippen molar-refractivity contribution in [3.05, 3.63) is 0 Å². The molecule has 1 unspecified atom stereocenters. The van der Waals surface area contributed by atoms with Gasteiger partial charge in [-0.15, -0.1) is 0 Å². The van der Waals surface area contributed by atoms with Gasteiger partial charge in [0.1, 0.15) is 12.4 Å². The Morgan fingerprint density at radius 2 is 1.50 bits per heavy atom. The molecular formula is C12H20O6. The molecule has 0 fully saturated rings. The van der Waals surface area contributed by atoms with Crippen molar-refractivity contribution in [2.45, 2.75) is 33.6 Å². The second-order valence-corrected chi connectivity index (χ2v) is 5.30. The molecule has 6 heteroatoms. The van der Waals surface area contributed by atoms with Crippen LogP contribution in [0.25, 0.3) is 0 Å². The van der Waals surface area contributed by atoms with Crippen molar-refractivity contribution >= 4 is 17.5 Å². The number of hydrogen-bond acceptors (Lipinski definition) is 5. The van der Waals surface area contributed by atoms with E-state index in [4.69, 9.17) is 15.3 Å². The lowest BCUT2D eigenvalue weighted by molar-refractivity contribution is -0.160. The highest BCUT2D eigenvalue weighted by molar-refractivity contribution is 6.04. The summed E-state index contributed by atoms with van der Waals surface area (Å²) in [6.07, 6.45) is -0.448. The fraction of sp³-hybridized carbons (Fsp3) is 0.750. The van der Waals surface area contributed by atoms with Gasteiger partial charge in [0.2, 0.25) is 0 Å². The van der Waals surface area contributed by atoms with E-state index >= 15 is 0 Å². The van der Waals surface area contributed by atoms with E-state index in [1.165, 1.54) is 0 Å². The maximum atomic E-state index is 11.7. The van der Waals surface area contributed by atoms with Crippen LogP contribution in [0.4, 0.5) is 0 Å². The van der Waals surface area contributed by atoms with Crippen molar-refractivity contribution in [2.75, 3.05) is 13.2 Å². The zero-order valence-electron chi connectivity index (χ0n) is 10.9. The van der Waals surface area contributed by atoms with Gasteiger partial charge in [-0.1, -0.05) is 20.8 Å². The molecule has 0 aliphatic heterocycles. The van der Waals surface area contributed by atoms with Crippen LogP contribution in [0.1, 0.15) is 33.6 Å². The normalized spacial score (nSPS) is 14.9. The molecule has 3 N–H and O–H groups in total. The fourth-order valence-corrected chi connectivity index (χ4v) is 1.45. The lowest BCUT2D eigenvalue weighted by Gasteiger charge is -2.26. The minimum absolute atomic E-state index is 0.137. The van der Waals surface area contributed by atoms with Crippen molar-refractivity contribution in [1.82, 2.24) is 0 Å². The van der Waals surface area contributed by atoms with Crippen LogP contribution in [0.3, 0.4) is 0 Å². The number of carbonyl (C=O) groups excluding carboxylic acids is 2. The van der Waals surface area contributed by atoms with Crippen LogP contribution in [-0.2, 0) is 14.4 Å². The first-order valence-electron chi connectivity index (χ1n) is 5.63. The maximum Gasteiger partial charge on any atom is 0.319 e. The first-order chi connectivity index (χ1) is 8.11. The predicted octanol–water partition coefficient (Wildman–Crippen LogP) is 0.00650. The van der Waals surface area contributed by atoms with Crippen LogP contribution in [-0.4, -0.2) is 46.1 Å². The molecule has 104 valence electrons. The summed E-state index contributed by atoms with van der Waals surface area (Å²) in [6.45, 7) is 3.15. The van der Waals surface area contributed by atoms with Crippen LogP contribution < -0.4 is 0 Å². The third-order valence-corrected chi connectivity index (χ3v) is 2.97. The average Bonchev–Trinajstić information content (AvgIpc) is 2.27. The highest BCUT2D eigenvalue weighted by Crippen LogP contribution is 2.28. The molecule has 0 rings (SSSR count). The average molecular weight is 260 g/mol. The van der Waals surface area contributed by atoms with E-state index in [2.05, 4.69) is 0 Å². The second-order valence-electron chi connectivity index (χ2n) is 5.30. The lowest BCUT2D eigenvalue weighted by Crippen LogP contribution is -2.45. The Kier molecular flexibility index (Phi) is 5.63. The molecular weight excluding hydrogens is 240 g/mol. The molecule has 0 amide bonds. The summed E-state index contributed by atoms with van der Waals surface area (Å²) in [5, 5.41) is 26.9. The molecule has 0 aliphatic carbocycles. The van der Waals surface area contributed by atoms with Crippen LogP contribution >= 0.6 is 0 Å². The maximum absolute atomic E-state index is 11.7. The summed E-state index contributed by atoms with van der Waals surface area (Å²) in [5.41, 5.74) is -2.72. The summed E-state index contributed by atoms with van der Waals surface area (Å²) < 4.78 is 0. The van der Waals surface area contributed by atoms with Gasteiger partial charge in [0.15, 0.2) is 11.2 Å². The minimum Gasteiger partial charge on any atom is -0.480 e. The number of aliphatic hydroxyl groups is 2. The molecule has 0 heterocycles. The Balaban J connectivity index is 4.99. The van der Waals surface area contributed by atoms with Crippen molar-refractivity contribution in [3.8, 4) is 0 Å². The molecule has 0 radical (unpaired) electrons. The summed E-state index contributed by atoms with van der Waals surface area (Å²) in [7, 11) is 0. The van der Waals surface area contributed by atoms with Gasteiger partial charge in [-0.2, -0.15) is 0 Å². The van der Waals surface area contributed by atoms with E-state index in [0.29, 0.717) is 0 Å². The van der Waals surface area contributed by atoms with E-state index in [0.717, 1.165) is 0 Å². The fourth-order valence-electron chi connectivity index (χ4n) is 1.45. The van der Waals surface area contributed by atoms with Gasteiger partial charge in [0, 0.05) is 11.8 Å². The quantitative estimate of drug-likeness (QED) is 0.556. The molecule has 0 saturated carbocycles. The van der Waals surface area contributed by atoms with Crippen molar-refractivity contribution in [2.24, 2.45) is 10.8 Å². The lowest BCUT2D eigenvalue weighted by atomic mass is 9.77. The highest BCUT2D eigenvalue weighted by Gasteiger charge is 2.45. The van der Waals surface area contributed by atoms with Crippen LogP contribution in [0, 0.1) is 10.8 Å². The van der Waals surface area contributed by atoms with Gasteiger partial charge in [-0.05, 0) is 6.42 Å². The molecule has 6 nitrogen and oxygen atoms in total. The third-order valence-electron chi connectivity index (χ3n) is 2.97. The highest BCUT2D eigenvalue weighted by atomic mass is 16.4. The smallest absolute Gasteiger partial charge is 0.319 e. The Morgan fingerprint density at radius 1 is 1.00 bits per heavy atom. The number of aliphatic carboxylic acids is 1. The largest absolute Gasteiger partial charge is 0.480 e. The van der Waals surface area contributed by atoms with E-state index < -0.39 is 35.8 Å². The standard InChI is InChI=1S/C12H20O6/c1-11(2,3)8(15)4-5-12(7-14,10(17)18)9(16)6-13/h13-14H,4-7H2,1-3H3,(H,17,18). The minimum atomic E-state index is -2.09. The van der Waals surface area contributed by atoms with Gasteiger partial charge in [0.05, 0.1) is 6.61 Å². The summed E-state index contributed by atoms with van der Waals surface area (Å²) >= 11 is 0. The Bertz CT molecular complexity index is 341. The van der Waals surface area contributed by atoms with E-state index in [1.807, 2.05) is 0 Å². The third kappa shape index (κ3) is 3.61. The topological polar surface area (TPSA) is 112 Å². The van der Waals surface area contributed by atoms with Gasteiger partial charge in [0.25, 0.3) is 0 Å². The van der Waals surface area contributed by atoms with Gasteiger partial charge >= 0.3 is 5.97 Å². The Morgan fingerprint density at radius 3 is 1.78 bits per heavy atom. The summed E-state index contributed by atoms with van der Waals surface area (Å²) in [4.78, 5) is 34.3. The molecule has 0 aliphatic rings. The molecule has 0 aromatic heterocycles. The SMILES string of the molecule is CC(C)(C)C(=O)CCC(CO)(C(=O)O)C(=O)CO. The second kappa shape index (κ2) is 6.06. The monoisotopic (exact) mass is 260 g/mol. The van der Waals surface area contributed by atoms with E-state index in [1.54, 1.807) is 20.8 Å². The molecule has 1 atom stereocenters. The Hall–Kier alpha value is -1.27. The van der Waals surface area contributed by atoms with Crippen molar-refractivity contribution < 1.29 is 29.7 Å². The first kappa shape index (κ1) is 16.7. The van der Waals surface area contributed by atoms with Crippen LogP contribution in [0.2, 0.25) is 0 Å². The number of rotatable bonds is 7. The molecule has 0 aromatic rings. The molecule has 0 bridgehead atoms. The molecule has 0 saturated heterocycles.